The zero-order chi connectivity index (χ0) is 17.4. The summed E-state index contributed by atoms with van der Waals surface area (Å²) in [5, 5.41) is 9.51. The summed E-state index contributed by atoms with van der Waals surface area (Å²) in [5.41, 5.74) is 5.78. The van der Waals surface area contributed by atoms with E-state index in [-0.39, 0.29) is 0 Å². The number of aryl methyl sites for hydroxylation is 2. The van der Waals surface area contributed by atoms with E-state index >= 15 is 0 Å². The normalized spacial score (nSPS) is 13.6. The molecule has 25 heavy (non-hydrogen) atoms. The van der Waals surface area contributed by atoms with Crippen LogP contribution in [0.2, 0.25) is 0 Å². The summed E-state index contributed by atoms with van der Waals surface area (Å²) in [6.45, 7) is 3.10. The monoisotopic (exact) mass is 335 g/mol. The molecule has 0 saturated heterocycles. The minimum atomic E-state index is 0.663. The molecule has 0 saturated carbocycles. The van der Waals surface area contributed by atoms with Gasteiger partial charge in [0, 0.05) is 23.7 Å². The zero-order valence-corrected chi connectivity index (χ0v) is 14.7. The smallest absolute Gasteiger partial charge is 0.162 e. The number of hydrogen-bond acceptors (Lipinski definition) is 5. The summed E-state index contributed by atoms with van der Waals surface area (Å²) in [6, 6.07) is 10.5. The molecule has 0 radical (unpaired) electrons. The van der Waals surface area contributed by atoms with Crippen LogP contribution in [0.25, 0.3) is 10.9 Å². The molecule has 1 aromatic heterocycles. The Kier molecular flexibility index (Phi) is 3.92. The SMILES string of the molecule is COc1cc2nncc(N3CCCc4cc(C)ccc43)c2cc1OC. The van der Waals surface area contributed by atoms with E-state index in [4.69, 9.17) is 9.47 Å². The fourth-order valence-electron chi connectivity index (χ4n) is 3.56. The van der Waals surface area contributed by atoms with Gasteiger partial charge in [0.05, 0.1) is 31.6 Å². The fraction of sp³-hybridized carbons (Fsp3) is 0.300. The lowest BCUT2D eigenvalue weighted by Crippen LogP contribution is -2.25. The third-order valence-corrected chi connectivity index (χ3v) is 4.77. The van der Waals surface area contributed by atoms with Crippen LogP contribution in [0.3, 0.4) is 0 Å². The Balaban J connectivity index is 1.91. The van der Waals surface area contributed by atoms with E-state index in [1.54, 1.807) is 14.2 Å². The number of fused-ring (bicyclic) bond motifs is 2. The molecule has 0 N–H and O–H groups in total. The minimum absolute atomic E-state index is 0.663. The largest absolute Gasteiger partial charge is 0.493 e. The van der Waals surface area contributed by atoms with Gasteiger partial charge in [-0.15, -0.1) is 0 Å². The molecule has 4 rings (SSSR count). The topological polar surface area (TPSA) is 47.5 Å². The number of methoxy groups -OCH3 is 2. The highest BCUT2D eigenvalue weighted by atomic mass is 16.5. The van der Waals surface area contributed by atoms with Crippen LogP contribution in [0.1, 0.15) is 17.5 Å². The molecule has 2 heterocycles. The molecule has 0 spiro atoms. The maximum Gasteiger partial charge on any atom is 0.162 e. The second-order valence-corrected chi connectivity index (χ2v) is 6.34. The van der Waals surface area contributed by atoms with Gasteiger partial charge in [-0.2, -0.15) is 10.2 Å². The number of ether oxygens (including phenoxy) is 2. The van der Waals surface area contributed by atoms with E-state index in [0.717, 1.165) is 36.0 Å². The van der Waals surface area contributed by atoms with Crippen molar-refractivity contribution in [3.63, 3.8) is 0 Å². The summed E-state index contributed by atoms with van der Waals surface area (Å²) in [5.74, 6) is 1.36. The van der Waals surface area contributed by atoms with E-state index in [2.05, 4.69) is 40.2 Å². The third-order valence-electron chi connectivity index (χ3n) is 4.77. The van der Waals surface area contributed by atoms with Gasteiger partial charge < -0.3 is 14.4 Å². The Bertz CT molecular complexity index is 940. The zero-order valence-electron chi connectivity index (χ0n) is 14.7. The molecule has 5 heteroatoms. The van der Waals surface area contributed by atoms with E-state index in [0.29, 0.717) is 11.5 Å². The van der Waals surface area contributed by atoms with E-state index < -0.39 is 0 Å². The van der Waals surface area contributed by atoms with Gasteiger partial charge in [0.1, 0.15) is 0 Å². The summed E-state index contributed by atoms with van der Waals surface area (Å²) in [4.78, 5) is 2.33. The molecule has 0 unspecified atom stereocenters. The molecule has 0 bridgehead atoms. The fourth-order valence-corrected chi connectivity index (χ4v) is 3.56. The Hall–Kier alpha value is -2.82. The summed E-state index contributed by atoms with van der Waals surface area (Å²) in [6.07, 6.45) is 4.07. The van der Waals surface area contributed by atoms with Crippen LogP contribution in [0.5, 0.6) is 11.5 Å². The standard InChI is InChI=1S/C20H21N3O2/c1-13-6-7-17-14(9-13)5-4-8-23(17)18-12-21-22-16-11-20(25-3)19(24-2)10-15(16)18/h6-7,9-12H,4-5,8H2,1-3H3. The number of rotatable bonds is 3. The van der Waals surface area contributed by atoms with Crippen LogP contribution in [-0.2, 0) is 6.42 Å². The molecule has 0 fully saturated rings. The van der Waals surface area contributed by atoms with Gasteiger partial charge in [-0.1, -0.05) is 17.7 Å². The molecular formula is C20H21N3O2. The second-order valence-electron chi connectivity index (χ2n) is 6.34. The molecule has 0 aliphatic carbocycles. The van der Waals surface area contributed by atoms with Crippen molar-refractivity contribution in [2.45, 2.75) is 19.8 Å². The van der Waals surface area contributed by atoms with Crippen molar-refractivity contribution in [1.82, 2.24) is 10.2 Å². The lowest BCUT2D eigenvalue weighted by molar-refractivity contribution is 0.355. The van der Waals surface area contributed by atoms with Crippen LogP contribution in [0, 0.1) is 6.92 Å². The third kappa shape index (κ3) is 2.65. The average molecular weight is 335 g/mol. The van der Waals surface area contributed by atoms with Gasteiger partial charge in [0.25, 0.3) is 0 Å². The van der Waals surface area contributed by atoms with Gasteiger partial charge in [-0.25, -0.2) is 0 Å². The van der Waals surface area contributed by atoms with Gasteiger partial charge in [-0.3, -0.25) is 0 Å². The first-order valence-corrected chi connectivity index (χ1v) is 8.45. The van der Waals surface area contributed by atoms with Crippen molar-refractivity contribution in [2.75, 3.05) is 25.7 Å². The van der Waals surface area contributed by atoms with Crippen LogP contribution in [0.15, 0.2) is 36.5 Å². The van der Waals surface area contributed by atoms with Crippen molar-refractivity contribution < 1.29 is 9.47 Å². The molecular weight excluding hydrogens is 314 g/mol. The number of benzene rings is 2. The average Bonchev–Trinajstić information content (AvgIpc) is 2.65. The highest BCUT2D eigenvalue weighted by Gasteiger charge is 2.21. The number of anilines is 2. The summed E-state index contributed by atoms with van der Waals surface area (Å²) < 4.78 is 10.9. The lowest BCUT2D eigenvalue weighted by Gasteiger charge is -2.32. The summed E-state index contributed by atoms with van der Waals surface area (Å²) >= 11 is 0. The molecule has 0 atom stereocenters. The predicted octanol–water partition coefficient (Wildman–Crippen LogP) is 4.04. The van der Waals surface area contributed by atoms with Gasteiger partial charge in [-0.05, 0) is 37.5 Å². The second kappa shape index (κ2) is 6.24. The van der Waals surface area contributed by atoms with Crippen LogP contribution >= 0.6 is 0 Å². The molecule has 128 valence electrons. The first-order valence-electron chi connectivity index (χ1n) is 8.45. The Morgan fingerprint density at radius 2 is 1.80 bits per heavy atom. The van der Waals surface area contributed by atoms with Crippen molar-refractivity contribution in [3.8, 4) is 11.5 Å². The Morgan fingerprint density at radius 1 is 1.00 bits per heavy atom. The van der Waals surface area contributed by atoms with E-state index in [1.165, 1.54) is 16.8 Å². The van der Waals surface area contributed by atoms with Gasteiger partial charge >= 0.3 is 0 Å². The van der Waals surface area contributed by atoms with Crippen molar-refractivity contribution in [2.24, 2.45) is 0 Å². The van der Waals surface area contributed by atoms with Crippen LogP contribution in [-0.4, -0.2) is 31.0 Å². The van der Waals surface area contributed by atoms with Crippen molar-refractivity contribution in [3.05, 3.63) is 47.7 Å². The quantitative estimate of drug-likeness (QED) is 0.723. The molecule has 0 amide bonds. The Labute approximate surface area is 147 Å². The maximum atomic E-state index is 5.48. The highest BCUT2D eigenvalue weighted by Crippen LogP contribution is 2.40. The van der Waals surface area contributed by atoms with E-state index in [9.17, 15) is 0 Å². The molecule has 1 aliphatic heterocycles. The molecule has 5 nitrogen and oxygen atoms in total. The first-order chi connectivity index (χ1) is 12.2. The molecule has 3 aromatic rings. The lowest BCUT2D eigenvalue weighted by atomic mass is 9.98. The van der Waals surface area contributed by atoms with E-state index in [1.807, 2.05) is 18.3 Å². The predicted molar refractivity (Wildman–Crippen MR) is 99.1 cm³/mol. The number of hydrogen-bond donors (Lipinski definition) is 0. The van der Waals surface area contributed by atoms with Gasteiger partial charge in [0.15, 0.2) is 11.5 Å². The van der Waals surface area contributed by atoms with Crippen LogP contribution in [0.4, 0.5) is 11.4 Å². The van der Waals surface area contributed by atoms with Crippen LogP contribution < -0.4 is 14.4 Å². The number of aromatic nitrogens is 2. The van der Waals surface area contributed by atoms with Crippen molar-refractivity contribution >= 4 is 22.3 Å². The van der Waals surface area contributed by atoms with Gasteiger partial charge in [0.2, 0.25) is 0 Å². The first kappa shape index (κ1) is 15.7. The number of nitrogens with zero attached hydrogens (tertiary/aromatic N) is 3. The Morgan fingerprint density at radius 3 is 2.60 bits per heavy atom. The molecule has 2 aromatic carbocycles. The summed E-state index contributed by atoms with van der Waals surface area (Å²) in [7, 11) is 3.28. The highest BCUT2D eigenvalue weighted by molar-refractivity contribution is 5.95. The minimum Gasteiger partial charge on any atom is -0.493 e. The van der Waals surface area contributed by atoms with Crippen molar-refractivity contribution in [1.29, 1.82) is 0 Å². The molecule has 1 aliphatic rings. The maximum absolute atomic E-state index is 5.48.